The lowest BCUT2D eigenvalue weighted by molar-refractivity contribution is 0.356. The van der Waals surface area contributed by atoms with Crippen molar-refractivity contribution in [1.82, 2.24) is 9.97 Å². The SMILES string of the molecule is COc1cccc(-c2c[nH]cc2C#N)c1OC.COc1cccc(-c2c[nH]cc2C#N)c1OC. The van der Waals surface area contributed by atoms with E-state index in [1.807, 2.05) is 36.4 Å². The molecule has 172 valence electrons. The van der Waals surface area contributed by atoms with Gasteiger partial charge in [0.15, 0.2) is 23.0 Å². The van der Waals surface area contributed by atoms with Crippen LogP contribution in [0.5, 0.6) is 23.0 Å². The van der Waals surface area contributed by atoms with E-state index in [9.17, 15) is 0 Å². The van der Waals surface area contributed by atoms with Gasteiger partial charge in [0.05, 0.1) is 39.6 Å². The first-order valence-corrected chi connectivity index (χ1v) is 10.2. The second kappa shape index (κ2) is 11.2. The van der Waals surface area contributed by atoms with Crippen molar-refractivity contribution in [3.05, 3.63) is 72.3 Å². The highest BCUT2D eigenvalue weighted by atomic mass is 16.5. The molecule has 0 radical (unpaired) electrons. The van der Waals surface area contributed by atoms with Gasteiger partial charge in [-0.2, -0.15) is 10.5 Å². The molecule has 4 aromatic rings. The van der Waals surface area contributed by atoms with E-state index in [0.717, 1.165) is 22.3 Å². The number of H-pyrrole nitrogens is 2. The largest absolute Gasteiger partial charge is 0.493 e. The van der Waals surface area contributed by atoms with E-state index in [4.69, 9.17) is 29.5 Å². The number of para-hydroxylation sites is 2. The molecule has 0 aliphatic carbocycles. The summed E-state index contributed by atoms with van der Waals surface area (Å²) in [6.45, 7) is 0. The Balaban J connectivity index is 0.000000191. The highest BCUT2D eigenvalue weighted by Gasteiger charge is 2.15. The number of methoxy groups -OCH3 is 4. The lowest BCUT2D eigenvalue weighted by atomic mass is 10.0. The summed E-state index contributed by atoms with van der Waals surface area (Å²) in [5.74, 6) is 2.56. The minimum atomic E-state index is 0.580. The fourth-order valence-electron chi connectivity index (χ4n) is 3.56. The highest BCUT2D eigenvalue weighted by molar-refractivity contribution is 5.78. The highest BCUT2D eigenvalue weighted by Crippen LogP contribution is 2.39. The second-order valence-corrected chi connectivity index (χ2v) is 6.87. The molecule has 0 spiro atoms. The average Bonchev–Trinajstić information content (AvgIpc) is 3.57. The maximum atomic E-state index is 9.02. The summed E-state index contributed by atoms with van der Waals surface area (Å²) in [5, 5.41) is 18.0. The summed E-state index contributed by atoms with van der Waals surface area (Å²) < 4.78 is 21.1. The molecule has 2 heterocycles. The van der Waals surface area contributed by atoms with Gasteiger partial charge in [-0.1, -0.05) is 24.3 Å². The van der Waals surface area contributed by atoms with Crippen molar-refractivity contribution in [2.75, 3.05) is 28.4 Å². The van der Waals surface area contributed by atoms with Gasteiger partial charge < -0.3 is 28.9 Å². The van der Waals surface area contributed by atoms with Crippen molar-refractivity contribution < 1.29 is 18.9 Å². The van der Waals surface area contributed by atoms with E-state index in [1.54, 1.807) is 53.2 Å². The number of aromatic amines is 2. The van der Waals surface area contributed by atoms with Crippen LogP contribution in [0.4, 0.5) is 0 Å². The van der Waals surface area contributed by atoms with Crippen LogP contribution in [0.1, 0.15) is 11.1 Å². The van der Waals surface area contributed by atoms with Crippen LogP contribution >= 0.6 is 0 Å². The molecule has 2 aromatic carbocycles. The summed E-state index contributed by atoms with van der Waals surface area (Å²) in [5.41, 5.74) is 4.45. The van der Waals surface area contributed by atoms with Crippen LogP contribution in [-0.2, 0) is 0 Å². The van der Waals surface area contributed by atoms with Crippen molar-refractivity contribution >= 4 is 0 Å². The van der Waals surface area contributed by atoms with E-state index in [0.29, 0.717) is 34.1 Å². The van der Waals surface area contributed by atoms with E-state index in [2.05, 4.69) is 22.1 Å². The predicted octanol–water partition coefficient (Wildman–Crippen LogP) is 5.14. The van der Waals surface area contributed by atoms with Crippen molar-refractivity contribution in [1.29, 1.82) is 10.5 Å². The fourth-order valence-corrected chi connectivity index (χ4v) is 3.56. The topological polar surface area (TPSA) is 116 Å². The molecule has 0 atom stereocenters. The first-order chi connectivity index (χ1) is 16.6. The van der Waals surface area contributed by atoms with Gasteiger partial charge in [-0.25, -0.2) is 0 Å². The maximum absolute atomic E-state index is 9.02. The smallest absolute Gasteiger partial charge is 0.168 e. The molecule has 0 fully saturated rings. The van der Waals surface area contributed by atoms with Crippen LogP contribution in [0, 0.1) is 22.7 Å². The second-order valence-electron chi connectivity index (χ2n) is 6.87. The van der Waals surface area contributed by atoms with E-state index in [1.165, 1.54) is 0 Å². The molecule has 34 heavy (non-hydrogen) atoms. The van der Waals surface area contributed by atoms with Crippen molar-refractivity contribution in [2.45, 2.75) is 0 Å². The van der Waals surface area contributed by atoms with Crippen molar-refractivity contribution in [2.24, 2.45) is 0 Å². The average molecular weight is 457 g/mol. The summed E-state index contributed by atoms with van der Waals surface area (Å²) >= 11 is 0. The Morgan fingerprint density at radius 2 is 0.971 bits per heavy atom. The zero-order chi connectivity index (χ0) is 24.5. The number of hydrogen-bond donors (Lipinski definition) is 2. The molecule has 0 unspecified atom stereocenters. The third-order valence-electron chi connectivity index (χ3n) is 5.12. The van der Waals surface area contributed by atoms with Gasteiger partial charge >= 0.3 is 0 Å². The number of nitriles is 2. The molecule has 2 N–H and O–H groups in total. The molecule has 8 heteroatoms. The van der Waals surface area contributed by atoms with Crippen LogP contribution in [-0.4, -0.2) is 38.4 Å². The first kappa shape index (κ1) is 23.8. The lowest BCUT2D eigenvalue weighted by Crippen LogP contribution is -1.93. The number of nitrogens with one attached hydrogen (secondary N) is 2. The lowest BCUT2D eigenvalue weighted by Gasteiger charge is -2.11. The summed E-state index contributed by atoms with van der Waals surface area (Å²) in [6.07, 6.45) is 6.87. The molecular formula is C26H24N4O4. The quantitative estimate of drug-likeness (QED) is 0.415. The molecule has 0 aliphatic heterocycles. The summed E-state index contributed by atoms with van der Waals surface area (Å²) in [4.78, 5) is 5.84. The van der Waals surface area contributed by atoms with E-state index < -0.39 is 0 Å². The molecule has 0 aliphatic rings. The van der Waals surface area contributed by atoms with Gasteiger partial charge in [0.25, 0.3) is 0 Å². The Bertz CT molecular complexity index is 1240. The number of ether oxygens (including phenoxy) is 4. The first-order valence-electron chi connectivity index (χ1n) is 10.2. The maximum Gasteiger partial charge on any atom is 0.168 e. The van der Waals surface area contributed by atoms with Gasteiger partial charge in [-0.05, 0) is 12.1 Å². The monoisotopic (exact) mass is 456 g/mol. The van der Waals surface area contributed by atoms with Crippen LogP contribution in [0.15, 0.2) is 61.2 Å². The minimum Gasteiger partial charge on any atom is -0.493 e. The number of rotatable bonds is 6. The summed E-state index contributed by atoms with van der Waals surface area (Å²) in [7, 11) is 6.34. The van der Waals surface area contributed by atoms with E-state index in [-0.39, 0.29) is 0 Å². The standard InChI is InChI=1S/2C13H12N2O2/c2*1-16-12-5-3-4-10(13(12)17-2)11-8-15-7-9(11)6-14/h2*3-5,7-8,15H,1-2H3. The molecule has 0 saturated carbocycles. The molecule has 2 aromatic heterocycles. The van der Waals surface area contributed by atoms with Crippen molar-refractivity contribution in [3.63, 3.8) is 0 Å². The third kappa shape index (κ3) is 4.67. The Kier molecular flexibility index (Phi) is 7.83. The van der Waals surface area contributed by atoms with Gasteiger partial charge in [0, 0.05) is 47.0 Å². The van der Waals surface area contributed by atoms with Crippen LogP contribution in [0.25, 0.3) is 22.3 Å². The number of benzene rings is 2. The van der Waals surface area contributed by atoms with Crippen molar-refractivity contribution in [3.8, 4) is 57.4 Å². The fraction of sp³-hybridized carbons (Fsp3) is 0.154. The van der Waals surface area contributed by atoms with Crippen LogP contribution < -0.4 is 18.9 Å². The Morgan fingerprint density at radius 1 is 0.559 bits per heavy atom. The zero-order valence-corrected chi connectivity index (χ0v) is 19.3. The van der Waals surface area contributed by atoms with Gasteiger partial charge in [0.2, 0.25) is 0 Å². The number of hydrogen-bond acceptors (Lipinski definition) is 6. The molecule has 0 bridgehead atoms. The predicted molar refractivity (Wildman–Crippen MR) is 128 cm³/mol. The Morgan fingerprint density at radius 3 is 1.29 bits per heavy atom. The van der Waals surface area contributed by atoms with Gasteiger partial charge in [0.1, 0.15) is 12.1 Å². The number of aromatic nitrogens is 2. The van der Waals surface area contributed by atoms with E-state index >= 15 is 0 Å². The molecule has 0 amide bonds. The molecule has 0 saturated heterocycles. The Labute approximate surface area is 197 Å². The third-order valence-corrected chi connectivity index (χ3v) is 5.12. The van der Waals surface area contributed by atoms with Crippen LogP contribution in [0.2, 0.25) is 0 Å². The number of nitrogens with zero attached hydrogens (tertiary/aromatic N) is 2. The molecule has 8 nitrogen and oxygen atoms in total. The zero-order valence-electron chi connectivity index (χ0n) is 19.3. The Hall–Kier alpha value is -4.82. The minimum absolute atomic E-state index is 0.580. The summed E-state index contributed by atoms with van der Waals surface area (Å²) in [6, 6.07) is 15.4. The normalized spacial score (nSPS) is 9.71. The molecule has 4 rings (SSSR count). The van der Waals surface area contributed by atoms with Crippen LogP contribution in [0.3, 0.4) is 0 Å². The molecular weight excluding hydrogens is 432 g/mol. The van der Waals surface area contributed by atoms with Gasteiger partial charge in [-0.15, -0.1) is 0 Å². The van der Waals surface area contributed by atoms with Gasteiger partial charge in [-0.3, -0.25) is 0 Å².